The van der Waals surface area contributed by atoms with Gasteiger partial charge in [-0.3, -0.25) is 4.79 Å². The lowest BCUT2D eigenvalue weighted by molar-refractivity contribution is -0.171. The van der Waals surface area contributed by atoms with Gasteiger partial charge in [-0.1, -0.05) is 20.8 Å². The topological polar surface area (TPSA) is 26.3 Å². The van der Waals surface area contributed by atoms with E-state index in [4.69, 9.17) is 4.74 Å². The third-order valence-electron chi connectivity index (χ3n) is 4.23. The molecule has 0 unspecified atom stereocenters. The summed E-state index contributed by atoms with van der Waals surface area (Å²) in [5.41, 5.74) is 0. The third-order valence-corrected chi connectivity index (χ3v) is 4.23. The van der Waals surface area contributed by atoms with Crippen LogP contribution in [0.4, 0.5) is 0 Å². The van der Waals surface area contributed by atoms with Crippen molar-refractivity contribution in [3.8, 4) is 0 Å². The molecule has 2 heteroatoms. The highest BCUT2D eigenvalue weighted by molar-refractivity contribution is 5.74. The van der Waals surface area contributed by atoms with Crippen LogP contribution in [0.1, 0.15) is 40.0 Å². The normalized spacial score (nSPS) is 47.4. The number of carbonyl (C=O) groups excluding carboxylic acids is 1. The number of rotatable bonds is 1. The van der Waals surface area contributed by atoms with E-state index in [2.05, 4.69) is 20.8 Å². The zero-order chi connectivity index (χ0) is 10.3. The Labute approximate surface area is 86.0 Å². The Bertz CT molecular complexity index is 236. The van der Waals surface area contributed by atoms with E-state index < -0.39 is 0 Å². The summed E-state index contributed by atoms with van der Waals surface area (Å²) >= 11 is 0. The molecule has 1 aliphatic heterocycles. The quantitative estimate of drug-likeness (QED) is 0.603. The van der Waals surface area contributed by atoms with Crippen LogP contribution in [0.15, 0.2) is 0 Å². The van der Waals surface area contributed by atoms with E-state index >= 15 is 0 Å². The minimum atomic E-state index is 0.0740. The maximum Gasteiger partial charge on any atom is 0.309 e. The van der Waals surface area contributed by atoms with Gasteiger partial charge in [-0.2, -0.15) is 0 Å². The van der Waals surface area contributed by atoms with E-state index in [-0.39, 0.29) is 18.0 Å². The minimum absolute atomic E-state index is 0.0740. The summed E-state index contributed by atoms with van der Waals surface area (Å²) in [4.78, 5) is 11.8. The fourth-order valence-electron chi connectivity index (χ4n) is 3.30. The highest BCUT2D eigenvalue weighted by Crippen LogP contribution is 2.46. The van der Waals surface area contributed by atoms with Gasteiger partial charge in [-0.15, -0.1) is 0 Å². The summed E-state index contributed by atoms with van der Waals surface area (Å²) in [5, 5.41) is 0. The van der Waals surface area contributed by atoms with Gasteiger partial charge in [-0.25, -0.2) is 0 Å². The average Bonchev–Trinajstić information content (AvgIpc) is 2.54. The molecule has 0 aromatic rings. The molecule has 0 amide bonds. The van der Waals surface area contributed by atoms with Crippen molar-refractivity contribution in [2.75, 3.05) is 0 Å². The highest BCUT2D eigenvalue weighted by atomic mass is 16.5. The molecule has 2 fully saturated rings. The van der Waals surface area contributed by atoms with Gasteiger partial charge < -0.3 is 4.74 Å². The summed E-state index contributed by atoms with van der Waals surface area (Å²) in [6.07, 6.45) is 3.56. The lowest BCUT2D eigenvalue weighted by Gasteiger charge is -2.37. The van der Waals surface area contributed by atoms with Crippen molar-refractivity contribution in [1.82, 2.24) is 0 Å². The minimum Gasteiger partial charge on any atom is -0.462 e. The van der Waals surface area contributed by atoms with Crippen LogP contribution in [0, 0.1) is 23.7 Å². The van der Waals surface area contributed by atoms with Crippen molar-refractivity contribution >= 4 is 5.97 Å². The molecule has 1 saturated carbocycles. The van der Waals surface area contributed by atoms with E-state index in [1.165, 1.54) is 12.8 Å². The number of hydrogen-bond donors (Lipinski definition) is 0. The molecule has 14 heavy (non-hydrogen) atoms. The summed E-state index contributed by atoms with van der Waals surface area (Å²) in [5.74, 6) is 1.97. The second-order valence-electron chi connectivity index (χ2n) is 4.99. The smallest absolute Gasteiger partial charge is 0.309 e. The first kappa shape index (κ1) is 10.0. The van der Waals surface area contributed by atoms with Crippen LogP contribution in [0.5, 0.6) is 0 Å². The van der Waals surface area contributed by atoms with E-state index in [0.29, 0.717) is 17.8 Å². The molecule has 0 spiro atoms. The Morgan fingerprint density at radius 1 is 1.36 bits per heavy atom. The molecule has 0 N–H and O–H groups in total. The largest absolute Gasteiger partial charge is 0.462 e. The van der Waals surface area contributed by atoms with Gasteiger partial charge in [0.15, 0.2) is 0 Å². The summed E-state index contributed by atoms with van der Waals surface area (Å²) in [6.45, 7) is 6.54. The van der Waals surface area contributed by atoms with Gasteiger partial charge in [0, 0.05) is 0 Å². The molecule has 0 radical (unpaired) electrons. The van der Waals surface area contributed by atoms with E-state index in [9.17, 15) is 4.79 Å². The Kier molecular flexibility index (Phi) is 2.54. The number of carbonyl (C=O) groups is 1. The van der Waals surface area contributed by atoms with Gasteiger partial charge in [0.2, 0.25) is 0 Å². The maximum atomic E-state index is 11.8. The van der Waals surface area contributed by atoms with Gasteiger partial charge in [0.25, 0.3) is 0 Å². The SMILES string of the molecule is CC[C@@H]1OC(=O)[C@H]2[C@H](CC[C@@H]2C)[C@H]1C. The maximum absolute atomic E-state index is 11.8. The zero-order valence-corrected chi connectivity index (χ0v) is 9.32. The molecule has 80 valence electrons. The van der Waals surface area contributed by atoms with Crippen molar-refractivity contribution in [3.63, 3.8) is 0 Å². The predicted molar refractivity (Wildman–Crippen MR) is 54.7 cm³/mol. The van der Waals surface area contributed by atoms with Gasteiger partial charge in [0.1, 0.15) is 6.10 Å². The zero-order valence-electron chi connectivity index (χ0n) is 9.32. The predicted octanol–water partition coefficient (Wildman–Crippen LogP) is 2.62. The van der Waals surface area contributed by atoms with Crippen molar-refractivity contribution in [2.24, 2.45) is 23.7 Å². The lowest BCUT2D eigenvalue weighted by atomic mass is 9.77. The molecule has 0 aromatic heterocycles. The Balaban J connectivity index is 2.18. The fraction of sp³-hybridized carbons (Fsp3) is 0.917. The lowest BCUT2D eigenvalue weighted by Crippen LogP contribution is -2.43. The standard InChI is InChI=1S/C12H20O2/c1-4-10-8(3)9-6-5-7(2)11(9)12(13)14-10/h7-11H,4-6H2,1-3H3/t7-,8+,9+,10-,11+/m0/s1. The monoisotopic (exact) mass is 196 g/mol. The van der Waals surface area contributed by atoms with Gasteiger partial charge in [-0.05, 0) is 37.0 Å². The summed E-state index contributed by atoms with van der Waals surface area (Å²) in [6, 6.07) is 0. The molecule has 2 aliphatic rings. The van der Waals surface area contributed by atoms with E-state index in [1.807, 2.05) is 0 Å². The van der Waals surface area contributed by atoms with Crippen molar-refractivity contribution in [3.05, 3.63) is 0 Å². The second-order valence-corrected chi connectivity index (χ2v) is 4.99. The average molecular weight is 196 g/mol. The van der Waals surface area contributed by atoms with E-state index in [0.717, 1.165) is 6.42 Å². The molecular formula is C12H20O2. The van der Waals surface area contributed by atoms with Gasteiger partial charge in [0.05, 0.1) is 5.92 Å². The molecular weight excluding hydrogens is 176 g/mol. The van der Waals surface area contributed by atoms with Gasteiger partial charge >= 0.3 is 5.97 Å². The first-order valence-electron chi connectivity index (χ1n) is 5.85. The molecule has 0 aromatic carbocycles. The number of fused-ring (bicyclic) bond motifs is 1. The van der Waals surface area contributed by atoms with Crippen molar-refractivity contribution in [1.29, 1.82) is 0 Å². The van der Waals surface area contributed by atoms with Crippen LogP contribution in [0.3, 0.4) is 0 Å². The van der Waals surface area contributed by atoms with Crippen LogP contribution in [-0.2, 0) is 9.53 Å². The highest BCUT2D eigenvalue weighted by Gasteiger charge is 2.48. The van der Waals surface area contributed by atoms with Crippen molar-refractivity contribution < 1.29 is 9.53 Å². The van der Waals surface area contributed by atoms with Crippen molar-refractivity contribution in [2.45, 2.75) is 46.1 Å². The third kappa shape index (κ3) is 1.35. The van der Waals surface area contributed by atoms with Crippen LogP contribution in [0.25, 0.3) is 0 Å². The Hall–Kier alpha value is -0.530. The van der Waals surface area contributed by atoms with Crippen LogP contribution in [-0.4, -0.2) is 12.1 Å². The molecule has 0 bridgehead atoms. The second kappa shape index (κ2) is 3.56. The Morgan fingerprint density at radius 2 is 2.07 bits per heavy atom. The molecule has 1 heterocycles. The molecule has 2 nitrogen and oxygen atoms in total. The Morgan fingerprint density at radius 3 is 2.71 bits per heavy atom. The van der Waals surface area contributed by atoms with Crippen LogP contribution < -0.4 is 0 Å². The first-order valence-corrected chi connectivity index (χ1v) is 5.85. The number of ether oxygens (including phenoxy) is 1. The molecule has 1 saturated heterocycles. The fourth-order valence-corrected chi connectivity index (χ4v) is 3.30. The number of hydrogen-bond acceptors (Lipinski definition) is 2. The molecule has 1 aliphatic carbocycles. The number of esters is 1. The van der Waals surface area contributed by atoms with E-state index in [1.54, 1.807) is 0 Å². The summed E-state index contributed by atoms with van der Waals surface area (Å²) in [7, 11) is 0. The van der Waals surface area contributed by atoms with Crippen LogP contribution in [0.2, 0.25) is 0 Å². The number of cyclic esters (lactones) is 1. The molecule has 2 rings (SSSR count). The summed E-state index contributed by atoms with van der Waals surface area (Å²) < 4.78 is 5.49. The van der Waals surface area contributed by atoms with Crippen LogP contribution >= 0.6 is 0 Å². The first-order chi connectivity index (χ1) is 6.65. The molecule has 5 atom stereocenters.